The second kappa shape index (κ2) is 5.32. The molecule has 1 heterocycles. The quantitative estimate of drug-likeness (QED) is 0.930. The average Bonchev–Trinajstić information content (AvgIpc) is 3.20. The summed E-state index contributed by atoms with van der Waals surface area (Å²) < 4.78 is 26.5. The van der Waals surface area contributed by atoms with Crippen LogP contribution >= 0.6 is 0 Å². The summed E-state index contributed by atoms with van der Waals surface area (Å²) in [6.45, 7) is 5.36. The summed E-state index contributed by atoms with van der Waals surface area (Å²) in [5.41, 5.74) is 2.34. The molecule has 0 bridgehead atoms. The van der Waals surface area contributed by atoms with Crippen LogP contribution < -0.4 is 0 Å². The Hall–Kier alpha value is -0.910. The summed E-state index contributed by atoms with van der Waals surface area (Å²) in [5.74, 6) is 0.563. The third kappa shape index (κ3) is 2.70. The van der Waals surface area contributed by atoms with Crippen molar-refractivity contribution in [1.29, 1.82) is 0 Å². The Balaban J connectivity index is 2.02. The van der Waals surface area contributed by atoms with Gasteiger partial charge in [-0.05, 0) is 57.1 Å². The van der Waals surface area contributed by atoms with E-state index in [-0.39, 0.29) is 12.6 Å². The zero-order valence-electron chi connectivity index (χ0n) is 13.5. The maximum absolute atomic E-state index is 12.9. The van der Waals surface area contributed by atoms with Gasteiger partial charge in [-0.25, -0.2) is 8.42 Å². The van der Waals surface area contributed by atoms with Crippen molar-refractivity contribution >= 4 is 10.0 Å². The van der Waals surface area contributed by atoms with Crippen molar-refractivity contribution in [3.05, 3.63) is 35.4 Å². The lowest BCUT2D eigenvalue weighted by Crippen LogP contribution is -2.43. The fourth-order valence-electron chi connectivity index (χ4n) is 3.26. The molecule has 0 amide bonds. The lowest BCUT2D eigenvalue weighted by Gasteiger charge is -2.32. The van der Waals surface area contributed by atoms with E-state index in [1.807, 2.05) is 18.2 Å². The standard InChI is InChI=1S/C17H25NO3S/c1-17(2,3)22(20,21)18-11-13(19)10-16(18)15-7-5-4-6-14(15)12-8-9-12/h4-7,12-13,16,19H,8-11H2,1-3H3. The van der Waals surface area contributed by atoms with Gasteiger partial charge in [-0.2, -0.15) is 4.31 Å². The van der Waals surface area contributed by atoms with Gasteiger partial charge in [0, 0.05) is 6.54 Å². The predicted molar refractivity (Wildman–Crippen MR) is 87.2 cm³/mol. The maximum Gasteiger partial charge on any atom is 0.219 e. The van der Waals surface area contributed by atoms with E-state index in [0.29, 0.717) is 12.3 Å². The molecule has 4 nitrogen and oxygen atoms in total. The van der Waals surface area contributed by atoms with Crippen molar-refractivity contribution in [2.75, 3.05) is 6.54 Å². The molecule has 1 N–H and O–H groups in total. The van der Waals surface area contributed by atoms with Crippen molar-refractivity contribution in [3.8, 4) is 0 Å². The van der Waals surface area contributed by atoms with Gasteiger partial charge in [-0.15, -0.1) is 0 Å². The Bertz CT molecular complexity index is 659. The predicted octanol–water partition coefficient (Wildman–Crippen LogP) is 2.80. The summed E-state index contributed by atoms with van der Waals surface area (Å²) in [4.78, 5) is 0. The molecular formula is C17H25NO3S. The lowest BCUT2D eigenvalue weighted by molar-refractivity contribution is 0.188. The number of benzene rings is 1. The van der Waals surface area contributed by atoms with Crippen LogP contribution in [0.1, 0.15) is 63.1 Å². The van der Waals surface area contributed by atoms with Gasteiger partial charge in [0.1, 0.15) is 0 Å². The van der Waals surface area contributed by atoms with E-state index in [9.17, 15) is 13.5 Å². The number of nitrogens with zero attached hydrogens (tertiary/aromatic N) is 1. The number of sulfonamides is 1. The van der Waals surface area contributed by atoms with Crippen LogP contribution in [0.25, 0.3) is 0 Å². The Kier molecular flexibility index (Phi) is 3.86. The highest BCUT2D eigenvalue weighted by Crippen LogP contribution is 2.46. The summed E-state index contributed by atoms with van der Waals surface area (Å²) in [7, 11) is -3.46. The molecule has 1 aliphatic carbocycles. The van der Waals surface area contributed by atoms with Crippen molar-refractivity contribution in [2.24, 2.45) is 0 Å². The number of β-amino-alcohol motifs (C(OH)–C–C–N with tert-alkyl or cyclic N) is 1. The van der Waals surface area contributed by atoms with Gasteiger partial charge < -0.3 is 5.11 Å². The Labute approximate surface area is 133 Å². The van der Waals surface area contributed by atoms with Crippen LogP contribution in [0.4, 0.5) is 0 Å². The minimum absolute atomic E-state index is 0.198. The third-order valence-corrected chi connectivity index (χ3v) is 7.26. The second-order valence-electron chi connectivity index (χ2n) is 7.50. The molecule has 22 heavy (non-hydrogen) atoms. The molecule has 3 rings (SSSR count). The highest BCUT2D eigenvalue weighted by atomic mass is 32.2. The molecule has 1 aromatic carbocycles. The maximum atomic E-state index is 12.9. The molecule has 1 saturated heterocycles. The normalized spacial score (nSPS) is 27.3. The molecular weight excluding hydrogens is 298 g/mol. The van der Waals surface area contributed by atoms with Crippen molar-refractivity contribution < 1.29 is 13.5 Å². The lowest BCUT2D eigenvalue weighted by atomic mass is 9.96. The van der Waals surface area contributed by atoms with Crippen LogP contribution in [0.5, 0.6) is 0 Å². The van der Waals surface area contributed by atoms with Crippen LogP contribution in [0.15, 0.2) is 24.3 Å². The van der Waals surface area contributed by atoms with E-state index < -0.39 is 20.9 Å². The Morgan fingerprint density at radius 3 is 2.27 bits per heavy atom. The number of rotatable bonds is 3. The van der Waals surface area contributed by atoms with Crippen molar-refractivity contribution in [1.82, 2.24) is 4.31 Å². The minimum Gasteiger partial charge on any atom is -0.392 e. The van der Waals surface area contributed by atoms with Gasteiger partial charge >= 0.3 is 0 Å². The van der Waals surface area contributed by atoms with E-state index in [1.54, 1.807) is 20.8 Å². The molecule has 0 aromatic heterocycles. The molecule has 122 valence electrons. The molecule has 0 spiro atoms. The number of hydrogen-bond donors (Lipinski definition) is 1. The number of aliphatic hydroxyl groups is 1. The largest absolute Gasteiger partial charge is 0.392 e. The van der Waals surface area contributed by atoms with Gasteiger partial charge in [-0.1, -0.05) is 24.3 Å². The third-order valence-electron chi connectivity index (χ3n) is 4.69. The minimum atomic E-state index is -3.46. The molecule has 0 radical (unpaired) electrons. The number of hydrogen-bond acceptors (Lipinski definition) is 3. The first-order chi connectivity index (χ1) is 10.2. The zero-order valence-corrected chi connectivity index (χ0v) is 14.3. The van der Waals surface area contributed by atoms with Crippen LogP contribution in [-0.4, -0.2) is 35.2 Å². The first kappa shape index (κ1) is 16.0. The van der Waals surface area contributed by atoms with Gasteiger partial charge in [0.2, 0.25) is 10.0 Å². The molecule has 2 aliphatic rings. The first-order valence-electron chi connectivity index (χ1n) is 8.00. The van der Waals surface area contributed by atoms with Crippen molar-refractivity contribution in [2.45, 2.75) is 62.8 Å². The van der Waals surface area contributed by atoms with Gasteiger partial charge in [0.05, 0.1) is 16.9 Å². The molecule has 1 saturated carbocycles. The van der Waals surface area contributed by atoms with Crippen LogP contribution in [0, 0.1) is 0 Å². The topological polar surface area (TPSA) is 57.6 Å². The summed E-state index contributed by atoms with van der Waals surface area (Å²) in [6, 6.07) is 7.89. The highest BCUT2D eigenvalue weighted by Gasteiger charge is 2.46. The summed E-state index contributed by atoms with van der Waals surface area (Å²) in [6.07, 6.45) is 2.25. The summed E-state index contributed by atoms with van der Waals surface area (Å²) >= 11 is 0. The van der Waals surface area contributed by atoms with E-state index in [2.05, 4.69) is 6.07 Å². The zero-order chi connectivity index (χ0) is 16.1. The average molecular weight is 323 g/mol. The molecule has 2 fully saturated rings. The SMILES string of the molecule is CC(C)(C)S(=O)(=O)N1CC(O)CC1c1ccccc1C1CC1. The first-order valence-corrected chi connectivity index (χ1v) is 9.44. The van der Waals surface area contributed by atoms with Gasteiger partial charge in [-0.3, -0.25) is 0 Å². The van der Waals surface area contributed by atoms with Gasteiger partial charge in [0.25, 0.3) is 0 Å². The molecule has 5 heteroatoms. The molecule has 1 aliphatic heterocycles. The molecule has 2 atom stereocenters. The van der Waals surface area contributed by atoms with E-state index in [0.717, 1.165) is 5.56 Å². The number of aliphatic hydroxyl groups excluding tert-OH is 1. The highest BCUT2D eigenvalue weighted by molar-refractivity contribution is 7.90. The molecule has 2 unspecified atom stereocenters. The van der Waals surface area contributed by atoms with Crippen molar-refractivity contribution in [3.63, 3.8) is 0 Å². The van der Waals surface area contributed by atoms with Gasteiger partial charge in [0.15, 0.2) is 0 Å². The fraction of sp³-hybridized carbons (Fsp3) is 0.647. The Morgan fingerprint density at radius 1 is 1.14 bits per heavy atom. The van der Waals surface area contributed by atoms with Crippen LogP contribution in [0.3, 0.4) is 0 Å². The monoisotopic (exact) mass is 323 g/mol. The summed E-state index contributed by atoms with van der Waals surface area (Å²) in [5, 5.41) is 10.1. The van der Waals surface area contributed by atoms with Crippen LogP contribution in [-0.2, 0) is 10.0 Å². The Morgan fingerprint density at radius 2 is 1.73 bits per heavy atom. The molecule has 1 aromatic rings. The van der Waals surface area contributed by atoms with E-state index in [4.69, 9.17) is 0 Å². The smallest absolute Gasteiger partial charge is 0.219 e. The second-order valence-corrected chi connectivity index (χ2v) is 10.1. The van der Waals surface area contributed by atoms with Crippen LogP contribution in [0.2, 0.25) is 0 Å². The fourth-order valence-corrected chi connectivity index (χ4v) is 4.87. The van der Waals surface area contributed by atoms with E-state index >= 15 is 0 Å². The van der Waals surface area contributed by atoms with E-state index in [1.165, 1.54) is 22.7 Å².